The molecule has 0 saturated heterocycles. The molecule has 0 amide bonds. The Bertz CT molecular complexity index is 1080. The molecule has 0 radical (unpaired) electrons. The van der Waals surface area contributed by atoms with Gasteiger partial charge in [-0.25, -0.2) is 0 Å². The van der Waals surface area contributed by atoms with Crippen LogP contribution in [0.2, 0.25) is 0 Å². The standard InChI is InChI=1S/C30H27NO/c1-2-23-32-30(27-21-13-6-14-22-27)29(26-19-11-5-12-20-26)31-28(24-15-7-3-8-16-24)25-17-9-4-10-18-25/h2-22,29-30H,1,23H2/t29-,30+/m1/s1. The van der Waals surface area contributed by atoms with Gasteiger partial charge in [0.15, 0.2) is 0 Å². The van der Waals surface area contributed by atoms with E-state index in [1.54, 1.807) is 6.08 Å². The van der Waals surface area contributed by atoms with Crippen LogP contribution in [0.3, 0.4) is 0 Å². The van der Waals surface area contributed by atoms with Gasteiger partial charge in [0.2, 0.25) is 0 Å². The van der Waals surface area contributed by atoms with Crippen molar-refractivity contribution in [2.24, 2.45) is 4.99 Å². The van der Waals surface area contributed by atoms with Crippen LogP contribution in [0.4, 0.5) is 0 Å². The van der Waals surface area contributed by atoms with Crippen molar-refractivity contribution in [3.63, 3.8) is 0 Å². The SMILES string of the molecule is C=CCO[C@@H](c1ccccc1)[C@H](N=C(c1ccccc1)c1ccccc1)c1ccccc1. The molecular formula is C30H27NO. The highest BCUT2D eigenvalue weighted by Crippen LogP contribution is 2.36. The Morgan fingerprint density at radius 3 is 1.56 bits per heavy atom. The van der Waals surface area contributed by atoms with Gasteiger partial charge in [-0.2, -0.15) is 0 Å². The highest BCUT2D eigenvalue weighted by Gasteiger charge is 2.26. The maximum Gasteiger partial charge on any atom is 0.109 e. The van der Waals surface area contributed by atoms with E-state index in [-0.39, 0.29) is 12.1 Å². The molecular weight excluding hydrogens is 390 g/mol. The Balaban J connectivity index is 1.90. The van der Waals surface area contributed by atoms with Crippen LogP contribution in [-0.4, -0.2) is 12.3 Å². The Labute approximate surface area is 190 Å². The Morgan fingerprint density at radius 1 is 0.656 bits per heavy atom. The summed E-state index contributed by atoms with van der Waals surface area (Å²) < 4.78 is 6.34. The number of ether oxygens (including phenoxy) is 1. The molecule has 0 aliphatic heterocycles. The first-order valence-electron chi connectivity index (χ1n) is 10.9. The van der Waals surface area contributed by atoms with Crippen molar-refractivity contribution >= 4 is 5.71 Å². The van der Waals surface area contributed by atoms with Gasteiger partial charge in [-0.15, -0.1) is 6.58 Å². The fourth-order valence-corrected chi connectivity index (χ4v) is 3.80. The minimum atomic E-state index is -0.251. The third kappa shape index (κ3) is 5.29. The summed E-state index contributed by atoms with van der Waals surface area (Å²) in [5, 5.41) is 0. The zero-order valence-electron chi connectivity index (χ0n) is 18.0. The molecule has 4 rings (SSSR count). The van der Waals surface area contributed by atoms with E-state index in [4.69, 9.17) is 9.73 Å². The van der Waals surface area contributed by atoms with E-state index in [2.05, 4.69) is 67.2 Å². The summed E-state index contributed by atoms with van der Waals surface area (Å²) in [6, 6.07) is 41.1. The van der Waals surface area contributed by atoms with Gasteiger partial charge in [0.25, 0.3) is 0 Å². The molecule has 0 unspecified atom stereocenters. The van der Waals surface area contributed by atoms with Crippen molar-refractivity contribution in [3.8, 4) is 0 Å². The summed E-state index contributed by atoms with van der Waals surface area (Å²) >= 11 is 0. The van der Waals surface area contributed by atoms with Crippen LogP contribution in [0.1, 0.15) is 34.4 Å². The number of hydrogen-bond acceptors (Lipinski definition) is 2. The van der Waals surface area contributed by atoms with E-state index in [0.29, 0.717) is 6.61 Å². The number of nitrogens with zero attached hydrogens (tertiary/aromatic N) is 1. The summed E-state index contributed by atoms with van der Waals surface area (Å²) in [5.41, 5.74) is 5.30. The molecule has 2 atom stereocenters. The molecule has 0 N–H and O–H groups in total. The Morgan fingerprint density at radius 2 is 1.09 bits per heavy atom. The number of benzene rings is 4. The van der Waals surface area contributed by atoms with E-state index >= 15 is 0 Å². The molecule has 0 fully saturated rings. The van der Waals surface area contributed by atoms with E-state index in [1.165, 1.54) is 0 Å². The molecule has 0 bridgehead atoms. The first-order valence-corrected chi connectivity index (χ1v) is 10.9. The minimum Gasteiger partial charge on any atom is -0.367 e. The van der Waals surface area contributed by atoms with Gasteiger partial charge in [0.1, 0.15) is 12.1 Å². The van der Waals surface area contributed by atoms with Gasteiger partial charge in [0.05, 0.1) is 12.3 Å². The Hall–Kier alpha value is -3.75. The second-order valence-electron chi connectivity index (χ2n) is 7.52. The van der Waals surface area contributed by atoms with Crippen LogP contribution in [0, 0.1) is 0 Å². The molecule has 0 heterocycles. The Kier molecular flexibility index (Phi) is 7.41. The van der Waals surface area contributed by atoms with Gasteiger partial charge in [0, 0.05) is 11.1 Å². The second-order valence-corrected chi connectivity index (χ2v) is 7.52. The zero-order valence-corrected chi connectivity index (χ0v) is 18.0. The largest absolute Gasteiger partial charge is 0.367 e. The van der Waals surface area contributed by atoms with Crippen LogP contribution in [0.25, 0.3) is 0 Å². The predicted molar refractivity (Wildman–Crippen MR) is 133 cm³/mol. The molecule has 0 aliphatic rings. The molecule has 0 spiro atoms. The van der Waals surface area contributed by atoms with Crippen molar-refractivity contribution in [3.05, 3.63) is 156 Å². The van der Waals surface area contributed by atoms with Gasteiger partial charge < -0.3 is 4.74 Å². The first-order chi connectivity index (χ1) is 15.9. The lowest BCUT2D eigenvalue weighted by Gasteiger charge is -2.26. The fourth-order valence-electron chi connectivity index (χ4n) is 3.80. The van der Waals surface area contributed by atoms with E-state index in [1.807, 2.05) is 60.7 Å². The summed E-state index contributed by atoms with van der Waals surface area (Å²) in [6.45, 7) is 4.30. The van der Waals surface area contributed by atoms with Crippen molar-refractivity contribution in [1.29, 1.82) is 0 Å². The number of aliphatic imine (C=N–C) groups is 1. The monoisotopic (exact) mass is 417 g/mol. The first kappa shape index (κ1) is 21.5. The predicted octanol–water partition coefficient (Wildman–Crippen LogP) is 7.21. The molecule has 2 nitrogen and oxygen atoms in total. The van der Waals surface area contributed by atoms with Crippen LogP contribution in [0.5, 0.6) is 0 Å². The number of rotatable bonds is 9. The molecule has 0 aromatic heterocycles. The lowest BCUT2D eigenvalue weighted by molar-refractivity contribution is 0.0543. The average molecular weight is 418 g/mol. The third-order valence-corrected chi connectivity index (χ3v) is 5.31. The van der Waals surface area contributed by atoms with Crippen LogP contribution in [0.15, 0.2) is 139 Å². The van der Waals surface area contributed by atoms with Gasteiger partial charge in [-0.1, -0.05) is 127 Å². The lowest BCUT2D eigenvalue weighted by Crippen LogP contribution is -2.17. The van der Waals surface area contributed by atoms with E-state index in [9.17, 15) is 0 Å². The summed E-state index contributed by atoms with van der Waals surface area (Å²) in [5.74, 6) is 0. The topological polar surface area (TPSA) is 21.6 Å². The maximum absolute atomic E-state index is 6.34. The van der Waals surface area contributed by atoms with Crippen LogP contribution in [-0.2, 0) is 4.74 Å². The molecule has 158 valence electrons. The van der Waals surface area contributed by atoms with Crippen molar-refractivity contribution in [1.82, 2.24) is 0 Å². The van der Waals surface area contributed by atoms with Crippen LogP contribution < -0.4 is 0 Å². The van der Waals surface area contributed by atoms with E-state index in [0.717, 1.165) is 28.0 Å². The molecule has 4 aromatic carbocycles. The second kappa shape index (κ2) is 11.0. The van der Waals surface area contributed by atoms with E-state index < -0.39 is 0 Å². The fraction of sp³-hybridized carbons (Fsp3) is 0.100. The van der Waals surface area contributed by atoms with Crippen molar-refractivity contribution < 1.29 is 4.74 Å². The molecule has 0 aliphatic carbocycles. The van der Waals surface area contributed by atoms with Crippen molar-refractivity contribution in [2.75, 3.05) is 6.61 Å². The highest BCUT2D eigenvalue weighted by molar-refractivity contribution is 6.13. The summed E-state index contributed by atoms with van der Waals surface area (Å²) in [7, 11) is 0. The zero-order chi connectivity index (χ0) is 22.0. The van der Waals surface area contributed by atoms with Crippen molar-refractivity contribution in [2.45, 2.75) is 12.1 Å². The van der Waals surface area contributed by atoms with Gasteiger partial charge >= 0.3 is 0 Å². The normalized spacial score (nSPS) is 12.5. The third-order valence-electron chi connectivity index (χ3n) is 5.31. The highest BCUT2D eigenvalue weighted by atomic mass is 16.5. The molecule has 32 heavy (non-hydrogen) atoms. The quantitative estimate of drug-likeness (QED) is 0.208. The van der Waals surface area contributed by atoms with Crippen LogP contribution >= 0.6 is 0 Å². The smallest absolute Gasteiger partial charge is 0.109 e. The average Bonchev–Trinajstić information content (AvgIpc) is 2.88. The summed E-state index contributed by atoms with van der Waals surface area (Å²) in [4.78, 5) is 5.37. The van der Waals surface area contributed by atoms with Gasteiger partial charge in [-0.3, -0.25) is 4.99 Å². The maximum atomic E-state index is 6.34. The molecule has 0 saturated carbocycles. The summed E-state index contributed by atoms with van der Waals surface area (Å²) in [6.07, 6.45) is 1.54. The van der Waals surface area contributed by atoms with Gasteiger partial charge in [-0.05, 0) is 11.1 Å². The number of hydrogen-bond donors (Lipinski definition) is 0. The minimum absolute atomic E-state index is 0.228. The molecule has 4 aromatic rings. The molecule has 2 heteroatoms. The lowest BCUT2D eigenvalue weighted by atomic mass is 9.94.